The minimum absolute atomic E-state index is 0. The first-order valence-electron chi connectivity index (χ1n) is 4.55. The zero-order valence-corrected chi connectivity index (χ0v) is 11.9. The molecular formula is C11H14FeN7O. The van der Waals surface area contributed by atoms with Crippen molar-refractivity contribution in [3.8, 4) is 0 Å². The van der Waals surface area contributed by atoms with Gasteiger partial charge in [-0.1, -0.05) is 0 Å². The molecule has 20 heavy (non-hydrogen) atoms. The minimum atomic E-state index is 0. The van der Waals surface area contributed by atoms with Gasteiger partial charge < -0.3 is 69.6 Å². The second-order valence-corrected chi connectivity index (χ2v) is 2.24. The van der Waals surface area contributed by atoms with Gasteiger partial charge in [0.15, 0.2) is 0 Å². The van der Waals surface area contributed by atoms with Gasteiger partial charge in [0.1, 0.15) is 0 Å². The van der Waals surface area contributed by atoms with Crippen LogP contribution in [0.4, 0.5) is 0 Å². The number of rotatable bonds is 2. The molecule has 2 N–H and O–H groups in total. The van der Waals surface area contributed by atoms with Crippen LogP contribution in [-0.4, -0.2) is 44.3 Å². The van der Waals surface area contributed by atoms with Crippen molar-refractivity contribution in [3.63, 3.8) is 0 Å². The van der Waals surface area contributed by atoms with Crippen LogP contribution in [0.15, 0.2) is 0 Å². The van der Waals surface area contributed by atoms with Crippen LogP contribution in [0.1, 0.15) is 0 Å². The molecule has 8 nitrogen and oxygen atoms in total. The molecule has 1 aliphatic rings. The van der Waals surface area contributed by atoms with E-state index in [9.17, 15) is 0 Å². The molecule has 0 amide bonds. The summed E-state index contributed by atoms with van der Waals surface area (Å²) in [7, 11) is 0. The predicted molar refractivity (Wildman–Crippen MR) is 61.2 cm³/mol. The fourth-order valence-electron chi connectivity index (χ4n) is 1.01. The summed E-state index contributed by atoms with van der Waals surface area (Å²) in [4.78, 5) is 2.32. The van der Waals surface area contributed by atoms with Gasteiger partial charge >= 0.3 is 17.1 Å². The quantitative estimate of drug-likeness (QED) is 0.539. The Hall–Kier alpha value is -2.15. The maximum absolute atomic E-state index is 6.25. The van der Waals surface area contributed by atoms with Crippen molar-refractivity contribution in [2.24, 2.45) is 5.73 Å². The third-order valence-corrected chi connectivity index (χ3v) is 1.55. The Morgan fingerprint density at radius 2 is 1.10 bits per heavy atom. The van der Waals surface area contributed by atoms with Crippen molar-refractivity contribution in [2.45, 2.75) is 0 Å². The van der Waals surface area contributed by atoms with E-state index in [-0.39, 0.29) is 17.1 Å². The predicted octanol–water partition coefficient (Wildman–Crippen LogP) is -0.243. The molecule has 1 fully saturated rings. The second-order valence-electron chi connectivity index (χ2n) is 2.24. The van der Waals surface area contributed by atoms with Gasteiger partial charge in [0, 0.05) is 26.2 Å². The van der Waals surface area contributed by atoms with E-state index in [1.807, 2.05) is 0 Å². The third-order valence-electron chi connectivity index (χ3n) is 1.55. The maximum Gasteiger partial charge on any atom is 5.00 e. The first kappa shape index (κ1) is 36.1. The molecule has 0 bridgehead atoms. The fourth-order valence-corrected chi connectivity index (χ4v) is 1.01. The summed E-state index contributed by atoms with van der Waals surface area (Å²) in [6.45, 7) is 29.4. The van der Waals surface area contributed by atoms with Crippen molar-refractivity contribution in [3.05, 3.63) is 32.9 Å². The molecule has 1 radical (unpaired) electrons. The molecular weight excluding hydrogens is 302 g/mol. The zero-order chi connectivity index (χ0) is 16.5. The van der Waals surface area contributed by atoms with Gasteiger partial charge in [-0.3, -0.25) is 4.90 Å². The van der Waals surface area contributed by atoms with Crippen LogP contribution in [0.25, 0.3) is 0 Å². The van der Waals surface area contributed by atoms with Crippen molar-refractivity contribution in [1.82, 2.24) is 4.90 Å². The van der Waals surface area contributed by atoms with Crippen molar-refractivity contribution >= 4 is 0 Å². The van der Waals surface area contributed by atoms with E-state index in [1.54, 1.807) is 0 Å². The van der Waals surface area contributed by atoms with Crippen LogP contribution in [-0.2, 0) is 21.8 Å². The maximum atomic E-state index is 6.25. The van der Waals surface area contributed by atoms with Crippen LogP contribution in [0, 0.1) is 59.2 Å². The Morgan fingerprint density at radius 1 is 0.800 bits per heavy atom. The number of hydrogen-bond donors (Lipinski definition) is 1. The Morgan fingerprint density at radius 3 is 1.35 bits per heavy atom. The molecule has 9 heteroatoms. The average molecular weight is 316 g/mol. The number of nitrogens with two attached hydrogens (primary N) is 1. The second kappa shape index (κ2) is 68.7. The molecule has 0 aromatic heterocycles. The number of ether oxygens (including phenoxy) is 1. The summed E-state index contributed by atoms with van der Waals surface area (Å²) in [5.41, 5.74) is 5.38. The van der Waals surface area contributed by atoms with Gasteiger partial charge in [-0.05, 0) is 0 Å². The molecule has 0 saturated carbocycles. The smallest absolute Gasteiger partial charge is 0.512 e. The monoisotopic (exact) mass is 316 g/mol. The van der Waals surface area contributed by atoms with E-state index < -0.39 is 0 Å². The summed E-state index contributed by atoms with van der Waals surface area (Å²) in [6, 6.07) is 0. The topological polar surface area (TPSA) is 157 Å². The van der Waals surface area contributed by atoms with Crippen LogP contribution in [0.2, 0.25) is 0 Å². The molecule has 1 aliphatic heterocycles. The fraction of sp³-hybridized carbons (Fsp3) is 0.545. The van der Waals surface area contributed by atoms with Crippen LogP contribution >= 0.6 is 0 Å². The SMILES string of the molecule is NCCN1CCOCC1.[C-]#N.[C-]#N.[C-]#N.[C-]#N.[C-]#N.[Fe+5]. The first-order valence-corrected chi connectivity index (χ1v) is 4.55. The summed E-state index contributed by atoms with van der Waals surface area (Å²) in [5, 5.41) is 31.2. The Balaban J connectivity index is -0.0000000384. The molecule has 107 valence electrons. The summed E-state index contributed by atoms with van der Waals surface area (Å²) in [6.07, 6.45) is 0. The standard InChI is InChI=1S/C6H14N2O.5CN.Fe/c7-1-2-8-3-5-9-6-4-8;5*1-2;/h1-7H2;;;;;;/q;5*-1;+5. The van der Waals surface area contributed by atoms with Gasteiger partial charge in [-0.25, -0.2) is 0 Å². The molecule has 0 aliphatic carbocycles. The van der Waals surface area contributed by atoms with E-state index in [0.29, 0.717) is 0 Å². The van der Waals surface area contributed by atoms with E-state index in [4.69, 9.17) is 69.6 Å². The van der Waals surface area contributed by atoms with Gasteiger partial charge in [0.05, 0.1) is 13.2 Å². The molecule has 1 heterocycles. The summed E-state index contributed by atoms with van der Waals surface area (Å²) in [5.74, 6) is 0. The largest absolute Gasteiger partial charge is 5.00 e. The number of hydrogen-bond acceptors (Lipinski definition) is 8. The van der Waals surface area contributed by atoms with Gasteiger partial charge in [0.2, 0.25) is 0 Å². The number of nitrogens with zero attached hydrogens (tertiary/aromatic N) is 6. The van der Waals surface area contributed by atoms with E-state index in [0.717, 1.165) is 39.4 Å². The van der Waals surface area contributed by atoms with Crippen LogP contribution in [0.3, 0.4) is 0 Å². The van der Waals surface area contributed by atoms with Gasteiger partial charge in [-0.2, -0.15) is 0 Å². The summed E-state index contributed by atoms with van der Waals surface area (Å²) >= 11 is 0. The summed E-state index contributed by atoms with van der Waals surface area (Å²) < 4.78 is 5.16. The number of morpholine rings is 1. The van der Waals surface area contributed by atoms with Gasteiger partial charge in [-0.15, -0.1) is 0 Å². The Bertz CT molecular complexity index is 194. The van der Waals surface area contributed by atoms with Gasteiger partial charge in [0.25, 0.3) is 0 Å². The molecule has 1 saturated heterocycles. The molecule has 1 rings (SSSR count). The minimum Gasteiger partial charge on any atom is -0.512 e. The third kappa shape index (κ3) is 44.6. The molecule has 0 unspecified atom stereocenters. The zero-order valence-electron chi connectivity index (χ0n) is 10.8. The Labute approximate surface area is 131 Å². The van der Waals surface area contributed by atoms with Crippen molar-refractivity contribution < 1.29 is 21.8 Å². The first-order chi connectivity index (χ1) is 9.43. The molecule has 0 aromatic rings. The molecule has 0 aromatic carbocycles. The van der Waals surface area contributed by atoms with Crippen LogP contribution < -0.4 is 5.73 Å². The molecule has 0 atom stereocenters. The van der Waals surface area contributed by atoms with E-state index >= 15 is 0 Å². The normalized spacial score (nSPS) is 10.6. The average Bonchev–Trinajstić information content (AvgIpc) is 2.58. The Kier molecular flexibility index (Phi) is 124. The molecule has 0 spiro atoms. The van der Waals surface area contributed by atoms with Crippen molar-refractivity contribution in [1.29, 1.82) is 26.3 Å². The van der Waals surface area contributed by atoms with E-state index in [2.05, 4.69) is 4.90 Å². The van der Waals surface area contributed by atoms with E-state index in [1.165, 1.54) is 0 Å². The van der Waals surface area contributed by atoms with Crippen molar-refractivity contribution in [2.75, 3.05) is 39.4 Å². The van der Waals surface area contributed by atoms with Crippen LogP contribution in [0.5, 0.6) is 0 Å².